The van der Waals surface area contributed by atoms with Gasteiger partial charge in [-0.1, -0.05) is 30.3 Å². The molecule has 1 aromatic carbocycles. The molecule has 3 aliphatic rings. The third kappa shape index (κ3) is 2.93. The Morgan fingerprint density at radius 1 is 1.15 bits per heavy atom. The van der Waals surface area contributed by atoms with Gasteiger partial charge < -0.3 is 15.3 Å². The van der Waals surface area contributed by atoms with Crippen molar-refractivity contribution in [1.82, 2.24) is 10.2 Å². The van der Waals surface area contributed by atoms with Gasteiger partial charge in [0.15, 0.2) is 5.60 Å². The molecule has 2 unspecified atom stereocenters. The van der Waals surface area contributed by atoms with Gasteiger partial charge in [-0.15, -0.1) is 0 Å². The minimum absolute atomic E-state index is 0.137. The molecule has 2 heterocycles. The highest BCUT2D eigenvalue weighted by atomic mass is 19.3. The second-order valence-corrected chi connectivity index (χ2v) is 8.34. The normalized spacial score (nSPS) is 29.2. The average molecular weight is 364 g/mol. The van der Waals surface area contributed by atoms with E-state index in [9.17, 15) is 18.7 Å². The van der Waals surface area contributed by atoms with Crippen LogP contribution in [0.25, 0.3) is 0 Å². The van der Waals surface area contributed by atoms with Crippen LogP contribution in [-0.2, 0) is 10.4 Å². The maximum Gasteiger partial charge on any atom is 0.259 e. The van der Waals surface area contributed by atoms with Gasteiger partial charge in [0.25, 0.3) is 5.91 Å². The molecule has 0 aromatic heterocycles. The van der Waals surface area contributed by atoms with Crippen LogP contribution >= 0.6 is 0 Å². The Labute approximate surface area is 152 Å². The number of benzene rings is 1. The summed E-state index contributed by atoms with van der Waals surface area (Å²) in [6.07, 6.45) is 1.49. The number of hydrogen-bond donors (Lipinski definition) is 2. The summed E-state index contributed by atoms with van der Waals surface area (Å²) in [7, 11) is 0. The van der Waals surface area contributed by atoms with E-state index < -0.39 is 29.8 Å². The molecular formula is C20H26F2N2O2. The number of carbonyl (C=O) groups excluding carboxylic acids is 1. The van der Waals surface area contributed by atoms with Gasteiger partial charge in [-0.05, 0) is 37.9 Å². The van der Waals surface area contributed by atoms with Crippen molar-refractivity contribution in [2.45, 2.75) is 43.6 Å². The lowest BCUT2D eigenvalue weighted by Gasteiger charge is -2.54. The molecule has 2 saturated heterocycles. The van der Waals surface area contributed by atoms with E-state index in [1.54, 1.807) is 35.2 Å². The predicted octanol–water partition coefficient (Wildman–Crippen LogP) is 2.52. The Morgan fingerprint density at radius 3 is 2.38 bits per heavy atom. The van der Waals surface area contributed by atoms with E-state index in [1.807, 2.05) is 0 Å². The minimum atomic E-state index is -2.81. The van der Waals surface area contributed by atoms with Crippen molar-refractivity contribution in [3.63, 3.8) is 0 Å². The minimum Gasteiger partial charge on any atom is -0.375 e. The predicted molar refractivity (Wildman–Crippen MR) is 93.7 cm³/mol. The fraction of sp³-hybridized carbons (Fsp3) is 0.650. The first kappa shape index (κ1) is 17.9. The van der Waals surface area contributed by atoms with E-state index in [0.717, 1.165) is 25.9 Å². The van der Waals surface area contributed by atoms with Gasteiger partial charge in [0.1, 0.15) is 0 Å². The Hall–Kier alpha value is -1.53. The summed E-state index contributed by atoms with van der Waals surface area (Å²) in [5, 5.41) is 14.8. The molecular weight excluding hydrogens is 338 g/mol. The van der Waals surface area contributed by atoms with E-state index in [2.05, 4.69) is 5.32 Å². The Balaban J connectivity index is 1.58. The zero-order chi connectivity index (χ0) is 18.4. The smallest absolute Gasteiger partial charge is 0.259 e. The first-order valence-electron chi connectivity index (χ1n) is 9.51. The van der Waals surface area contributed by atoms with Crippen molar-refractivity contribution in [3.05, 3.63) is 35.9 Å². The van der Waals surface area contributed by atoms with Crippen molar-refractivity contribution >= 4 is 5.91 Å². The molecule has 1 aromatic rings. The van der Waals surface area contributed by atoms with Crippen LogP contribution in [0.4, 0.5) is 8.78 Å². The van der Waals surface area contributed by atoms with E-state index in [4.69, 9.17) is 0 Å². The number of piperidine rings is 1. The van der Waals surface area contributed by atoms with Gasteiger partial charge in [-0.25, -0.2) is 8.78 Å². The van der Waals surface area contributed by atoms with Crippen molar-refractivity contribution in [2.75, 3.05) is 26.2 Å². The molecule has 0 bridgehead atoms. The van der Waals surface area contributed by atoms with Crippen LogP contribution in [0, 0.1) is 11.3 Å². The van der Waals surface area contributed by atoms with Gasteiger partial charge in [0, 0.05) is 37.3 Å². The molecule has 0 radical (unpaired) electrons. The number of halogens is 2. The summed E-state index contributed by atoms with van der Waals surface area (Å²) in [6, 6.07) is 8.63. The molecule has 2 aliphatic heterocycles. The van der Waals surface area contributed by atoms with Crippen molar-refractivity contribution in [2.24, 2.45) is 11.3 Å². The van der Waals surface area contributed by atoms with Gasteiger partial charge in [0.2, 0.25) is 5.92 Å². The van der Waals surface area contributed by atoms with Crippen LogP contribution < -0.4 is 5.32 Å². The zero-order valence-electron chi connectivity index (χ0n) is 14.9. The van der Waals surface area contributed by atoms with Crippen LogP contribution in [-0.4, -0.2) is 48.0 Å². The highest BCUT2D eigenvalue weighted by Gasteiger charge is 2.57. The molecule has 1 spiro atoms. The summed E-state index contributed by atoms with van der Waals surface area (Å²) < 4.78 is 27.7. The molecule has 2 atom stereocenters. The molecule has 1 saturated carbocycles. The quantitative estimate of drug-likeness (QED) is 0.867. The first-order chi connectivity index (χ1) is 12.3. The largest absolute Gasteiger partial charge is 0.375 e. The SMILES string of the molecule is O=C(N1CC2(CCNCC2)C1)C(O)(c1ccccc1)C1CCC(F)(F)C1. The first-order valence-corrected chi connectivity index (χ1v) is 9.51. The zero-order valence-corrected chi connectivity index (χ0v) is 14.9. The molecule has 3 fully saturated rings. The summed E-state index contributed by atoms with van der Waals surface area (Å²) >= 11 is 0. The standard InChI is InChI=1S/C20H26F2N2O2/c21-19(22)7-6-16(12-19)20(26,15-4-2-1-3-5-15)17(25)24-13-18(14-24)8-10-23-11-9-18/h1-5,16,23,26H,6-14H2. The maximum absolute atomic E-state index is 13.8. The lowest BCUT2D eigenvalue weighted by atomic mass is 9.70. The monoisotopic (exact) mass is 364 g/mol. The van der Waals surface area contributed by atoms with Crippen LogP contribution in [0.15, 0.2) is 30.3 Å². The summed E-state index contributed by atoms with van der Waals surface area (Å²) in [5.74, 6) is -3.97. The number of rotatable bonds is 3. The number of nitrogens with zero attached hydrogens (tertiary/aromatic N) is 1. The highest BCUT2D eigenvalue weighted by Crippen LogP contribution is 2.49. The van der Waals surface area contributed by atoms with Crippen molar-refractivity contribution in [3.8, 4) is 0 Å². The topological polar surface area (TPSA) is 52.6 Å². The van der Waals surface area contributed by atoms with Gasteiger partial charge >= 0.3 is 0 Å². The highest BCUT2D eigenvalue weighted by molar-refractivity contribution is 5.87. The van der Waals surface area contributed by atoms with E-state index >= 15 is 0 Å². The summed E-state index contributed by atoms with van der Waals surface area (Å²) in [4.78, 5) is 15.0. The number of alkyl halides is 2. The molecule has 26 heavy (non-hydrogen) atoms. The average Bonchev–Trinajstić information content (AvgIpc) is 3.00. The second kappa shape index (κ2) is 6.27. The lowest BCUT2D eigenvalue weighted by molar-refractivity contribution is -0.174. The Kier molecular flexibility index (Phi) is 4.31. The molecule has 2 N–H and O–H groups in total. The molecule has 4 nitrogen and oxygen atoms in total. The third-order valence-electron chi connectivity index (χ3n) is 6.54. The lowest BCUT2D eigenvalue weighted by Crippen LogP contribution is -2.65. The summed E-state index contributed by atoms with van der Waals surface area (Å²) in [6.45, 7) is 3.12. The van der Waals surface area contributed by atoms with Crippen LogP contribution in [0.1, 0.15) is 37.7 Å². The van der Waals surface area contributed by atoms with Crippen molar-refractivity contribution in [1.29, 1.82) is 0 Å². The van der Waals surface area contributed by atoms with Crippen LogP contribution in [0.3, 0.4) is 0 Å². The fourth-order valence-electron chi connectivity index (χ4n) is 4.95. The number of aliphatic hydroxyl groups is 1. The van der Waals surface area contributed by atoms with Crippen molar-refractivity contribution < 1.29 is 18.7 Å². The molecule has 1 amide bonds. The molecule has 1 aliphatic carbocycles. The van der Waals surface area contributed by atoms with Crippen LogP contribution in [0.5, 0.6) is 0 Å². The number of likely N-dealkylation sites (tertiary alicyclic amines) is 1. The molecule has 6 heteroatoms. The molecule has 4 rings (SSSR count). The number of carbonyl (C=O) groups is 1. The van der Waals surface area contributed by atoms with Gasteiger partial charge in [-0.2, -0.15) is 0 Å². The summed E-state index contributed by atoms with van der Waals surface area (Å²) in [5.41, 5.74) is -1.30. The fourth-order valence-corrected chi connectivity index (χ4v) is 4.95. The maximum atomic E-state index is 13.8. The number of hydrogen-bond acceptors (Lipinski definition) is 3. The van der Waals surface area contributed by atoms with E-state index in [1.165, 1.54) is 0 Å². The Morgan fingerprint density at radius 2 is 1.81 bits per heavy atom. The van der Waals surface area contributed by atoms with Gasteiger partial charge in [-0.3, -0.25) is 4.79 Å². The third-order valence-corrected chi connectivity index (χ3v) is 6.54. The van der Waals surface area contributed by atoms with E-state index in [-0.39, 0.29) is 18.3 Å². The van der Waals surface area contributed by atoms with Gasteiger partial charge in [0.05, 0.1) is 0 Å². The number of amides is 1. The van der Waals surface area contributed by atoms with Crippen LogP contribution in [0.2, 0.25) is 0 Å². The van der Waals surface area contributed by atoms with E-state index in [0.29, 0.717) is 18.7 Å². The Bertz CT molecular complexity index is 668. The molecule has 142 valence electrons. The number of nitrogens with one attached hydrogen (secondary N) is 1. The second-order valence-electron chi connectivity index (χ2n) is 8.34.